The summed E-state index contributed by atoms with van der Waals surface area (Å²) < 4.78 is 0. The van der Waals surface area contributed by atoms with Gasteiger partial charge in [-0.3, -0.25) is 0 Å². The van der Waals surface area contributed by atoms with Crippen LogP contribution in [0.25, 0.3) is 0 Å². The lowest BCUT2D eigenvalue weighted by molar-refractivity contribution is 0.385. The Kier molecular flexibility index (Phi) is 4.75. The number of piperidine rings is 1. The zero-order chi connectivity index (χ0) is 13.7. The average molecular weight is 258 g/mol. The van der Waals surface area contributed by atoms with Crippen LogP contribution >= 0.6 is 0 Å². The smallest absolute Gasteiger partial charge is 0.128 e. The van der Waals surface area contributed by atoms with Gasteiger partial charge in [0.25, 0.3) is 0 Å². The Morgan fingerprint density at radius 1 is 1.42 bits per heavy atom. The highest BCUT2D eigenvalue weighted by Crippen LogP contribution is 2.22. The topological polar surface area (TPSA) is 52.0 Å². The molecule has 2 rings (SSSR count). The molecule has 0 bridgehead atoms. The number of aromatic nitrogens is 1. The molecule has 1 saturated heterocycles. The lowest BCUT2D eigenvalue weighted by atomic mass is 9.97. The molecule has 1 fully saturated rings. The minimum Gasteiger partial charge on any atom is -0.357 e. The minimum absolute atomic E-state index is 0.672. The van der Waals surface area contributed by atoms with Crippen LogP contribution in [-0.4, -0.2) is 31.2 Å². The van der Waals surface area contributed by atoms with E-state index in [0.29, 0.717) is 5.56 Å². The molecule has 0 aromatic carbocycles. The third-order valence-corrected chi connectivity index (χ3v) is 3.81. The Morgan fingerprint density at radius 2 is 2.16 bits per heavy atom. The summed E-state index contributed by atoms with van der Waals surface area (Å²) in [6.45, 7) is 8.36. The van der Waals surface area contributed by atoms with Gasteiger partial charge in [0.2, 0.25) is 0 Å². The minimum atomic E-state index is 0.672. The maximum Gasteiger partial charge on any atom is 0.128 e. The van der Waals surface area contributed by atoms with Gasteiger partial charge in [-0.1, -0.05) is 6.92 Å². The Balaban J connectivity index is 1.94. The van der Waals surface area contributed by atoms with E-state index in [9.17, 15) is 0 Å². The van der Waals surface area contributed by atoms with Crippen LogP contribution in [-0.2, 0) is 0 Å². The summed E-state index contributed by atoms with van der Waals surface area (Å²) in [4.78, 5) is 6.87. The molecule has 4 nitrogen and oxygen atoms in total. The largest absolute Gasteiger partial charge is 0.357 e. The number of nitrogens with zero attached hydrogens (tertiary/aromatic N) is 3. The molecule has 1 aromatic rings. The molecule has 0 atom stereocenters. The number of aryl methyl sites for hydroxylation is 1. The van der Waals surface area contributed by atoms with Crippen LogP contribution in [0.2, 0.25) is 0 Å². The number of hydrogen-bond donors (Lipinski definition) is 1. The van der Waals surface area contributed by atoms with Crippen LogP contribution < -0.4 is 10.2 Å². The first-order chi connectivity index (χ1) is 9.24. The van der Waals surface area contributed by atoms with Gasteiger partial charge in [-0.25, -0.2) is 4.98 Å². The second-order valence-electron chi connectivity index (χ2n) is 5.15. The van der Waals surface area contributed by atoms with Gasteiger partial charge < -0.3 is 10.2 Å². The standard InChI is InChI=1S/C15H22N4/c1-3-17-11-13-6-8-19(9-7-13)15-5-4-14(10-16)12(2)18-15/h4-5,13,17H,3,6-9,11H2,1-2H3. The number of nitriles is 1. The lowest BCUT2D eigenvalue weighted by Crippen LogP contribution is -2.37. The molecule has 1 N–H and O–H groups in total. The van der Waals surface area contributed by atoms with Crippen molar-refractivity contribution >= 4 is 5.82 Å². The number of nitrogens with one attached hydrogen (secondary N) is 1. The van der Waals surface area contributed by atoms with Crippen LogP contribution in [0.15, 0.2) is 12.1 Å². The Bertz CT molecular complexity index is 456. The predicted octanol–water partition coefficient (Wildman–Crippen LogP) is 2.09. The van der Waals surface area contributed by atoms with E-state index in [1.807, 2.05) is 19.1 Å². The van der Waals surface area contributed by atoms with Gasteiger partial charge >= 0.3 is 0 Å². The molecule has 1 aromatic heterocycles. The highest BCUT2D eigenvalue weighted by molar-refractivity contribution is 5.45. The highest BCUT2D eigenvalue weighted by Gasteiger charge is 2.20. The molecule has 0 unspecified atom stereocenters. The summed E-state index contributed by atoms with van der Waals surface area (Å²) in [5.41, 5.74) is 1.50. The van der Waals surface area contributed by atoms with Gasteiger partial charge in [0.05, 0.1) is 11.3 Å². The SMILES string of the molecule is CCNCC1CCN(c2ccc(C#N)c(C)n2)CC1. The molecule has 0 aliphatic carbocycles. The Morgan fingerprint density at radius 3 is 2.74 bits per heavy atom. The number of pyridine rings is 1. The van der Waals surface area contributed by atoms with E-state index in [0.717, 1.165) is 43.6 Å². The molecule has 4 heteroatoms. The highest BCUT2D eigenvalue weighted by atomic mass is 15.2. The van der Waals surface area contributed by atoms with Crippen LogP contribution in [0.3, 0.4) is 0 Å². The van der Waals surface area contributed by atoms with Crippen molar-refractivity contribution in [2.45, 2.75) is 26.7 Å². The van der Waals surface area contributed by atoms with E-state index in [-0.39, 0.29) is 0 Å². The van der Waals surface area contributed by atoms with Crippen LogP contribution in [0.4, 0.5) is 5.82 Å². The fourth-order valence-corrected chi connectivity index (χ4v) is 2.56. The van der Waals surface area contributed by atoms with Crippen molar-refractivity contribution in [1.82, 2.24) is 10.3 Å². The van der Waals surface area contributed by atoms with Gasteiger partial charge in [-0.15, -0.1) is 0 Å². The Hall–Kier alpha value is -1.60. The molecule has 0 spiro atoms. The number of hydrogen-bond acceptors (Lipinski definition) is 4. The first-order valence-electron chi connectivity index (χ1n) is 7.08. The first kappa shape index (κ1) is 13.8. The van der Waals surface area contributed by atoms with Gasteiger partial charge in [0, 0.05) is 13.1 Å². The molecule has 19 heavy (non-hydrogen) atoms. The molecule has 0 radical (unpaired) electrons. The van der Waals surface area contributed by atoms with Crippen LogP contribution in [0, 0.1) is 24.2 Å². The molecule has 2 heterocycles. The zero-order valence-electron chi connectivity index (χ0n) is 11.8. The van der Waals surface area contributed by atoms with E-state index in [1.54, 1.807) is 0 Å². The summed E-state index contributed by atoms with van der Waals surface area (Å²) in [5, 5.41) is 12.4. The summed E-state index contributed by atoms with van der Waals surface area (Å²) in [5.74, 6) is 1.80. The predicted molar refractivity (Wildman–Crippen MR) is 77.2 cm³/mol. The van der Waals surface area contributed by atoms with Crippen molar-refractivity contribution < 1.29 is 0 Å². The van der Waals surface area contributed by atoms with Crippen LogP contribution in [0.5, 0.6) is 0 Å². The quantitative estimate of drug-likeness (QED) is 0.898. The molecular formula is C15H22N4. The number of anilines is 1. The van der Waals surface area contributed by atoms with Crippen molar-refractivity contribution in [2.75, 3.05) is 31.1 Å². The van der Waals surface area contributed by atoms with Crippen molar-refractivity contribution in [1.29, 1.82) is 5.26 Å². The third kappa shape index (κ3) is 3.45. The fourth-order valence-electron chi connectivity index (χ4n) is 2.56. The fraction of sp³-hybridized carbons (Fsp3) is 0.600. The normalized spacial score (nSPS) is 16.4. The van der Waals surface area contributed by atoms with E-state index in [4.69, 9.17) is 5.26 Å². The van der Waals surface area contributed by atoms with Crippen molar-refractivity contribution in [3.8, 4) is 6.07 Å². The van der Waals surface area contributed by atoms with Gasteiger partial charge in [-0.05, 0) is 50.9 Å². The molecule has 1 aliphatic heterocycles. The zero-order valence-corrected chi connectivity index (χ0v) is 11.8. The lowest BCUT2D eigenvalue weighted by Gasteiger charge is -2.33. The van der Waals surface area contributed by atoms with Crippen LogP contribution in [0.1, 0.15) is 31.0 Å². The summed E-state index contributed by atoms with van der Waals surface area (Å²) >= 11 is 0. The van der Waals surface area contributed by atoms with Crippen molar-refractivity contribution in [3.05, 3.63) is 23.4 Å². The second kappa shape index (κ2) is 6.53. The molecule has 0 saturated carbocycles. The molecule has 102 valence electrons. The van der Waals surface area contributed by atoms with Gasteiger partial charge in [-0.2, -0.15) is 5.26 Å². The van der Waals surface area contributed by atoms with E-state index < -0.39 is 0 Å². The Labute approximate surface area is 115 Å². The molecule has 0 amide bonds. The second-order valence-corrected chi connectivity index (χ2v) is 5.15. The van der Waals surface area contributed by atoms with Crippen molar-refractivity contribution in [2.24, 2.45) is 5.92 Å². The van der Waals surface area contributed by atoms with Crippen molar-refractivity contribution in [3.63, 3.8) is 0 Å². The molecule has 1 aliphatic rings. The monoisotopic (exact) mass is 258 g/mol. The third-order valence-electron chi connectivity index (χ3n) is 3.81. The summed E-state index contributed by atoms with van der Waals surface area (Å²) in [6, 6.07) is 6.01. The van der Waals surface area contributed by atoms with Gasteiger partial charge in [0.1, 0.15) is 11.9 Å². The summed E-state index contributed by atoms with van der Waals surface area (Å²) in [6.07, 6.45) is 2.43. The summed E-state index contributed by atoms with van der Waals surface area (Å²) in [7, 11) is 0. The van der Waals surface area contributed by atoms with E-state index in [1.165, 1.54) is 12.8 Å². The number of rotatable bonds is 4. The van der Waals surface area contributed by atoms with E-state index >= 15 is 0 Å². The first-order valence-corrected chi connectivity index (χ1v) is 7.08. The van der Waals surface area contributed by atoms with Gasteiger partial charge in [0.15, 0.2) is 0 Å². The maximum absolute atomic E-state index is 8.93. The maximum atomic E-state index is 8.93. The molecular weight excluding hydrogens is 236 g/mol. The van der Waals surface area contributed by atoms with E-state index in [2.05, 4.69) is 28.2 Å². The average Bonchev–Trinajstić information content (AvgIpc) is 2.45.